The van der Waals surface area contributed by atoms with Crippen LogP contribution in [0.3, 0.4) is 0 Å². The highest BCUT2D eigenvalue weighted by Crippen LogP contribution is 2.10. The summed E-state index contributed by atoms with van der Waals surface area (Å²) >= 11 is 5.72. The Labute approximate surface area is 92.3 Å². The Balaban J connectivity index is 2.75. The van der Waals surface area contributed by atoms with Gasteiger partial charge in [0.15, 0.2) is 0 Å². The molecule has 0 fully saturated rings. The van der Waals surface area contributed by atoms with E-state index in [0.717, 1.165) is 5.56 Å². The topological polar surface area (TPSA) is 34.1 Å². The molecule has 0 radical (unpaired) electrons. The fourth-order valence-electron chi connectivity index (χ4n) is 0.871. The molecule has 0 saturated carbocycles. The molecular formula is C9H6Cl2O2S. The maximum absolute atomic E-state index is 10.5. The Morgan fingerprint density at radius 1 is 1.36 bits per heavy atom. The van der Waals surface area contributed by atoms with Gasteiger partial charge in [0.25, 0.3) is 0 Å². The number of benzene rings is 1. The summed E-state index contributed by atoms with van der Waals surface area (Å²) in [6.07, 6.45) is 0.312. The highest BCUT2D eigenvalue weighted by molar-refractivity contribution is 8.17. The average Bonchev–Trinajstić information content (AvgIpc) is 2.01. The Kier molecular flexibility index (Phi) is 3.82. The quantitative estimate of drug-likeness (QED) is 0.565. The van der Waals surface area contributed by atoms with Gasteiger partial charge >= 0.3 is 9.05 Å². The molecule has 74 valence electrons. The van der Waals surface area contributed by atoms with Crippen molar-refractivity contribution in [2.24, 2.45) is 0 Å². The number of hydrogen-bond acceptors (Lipinski definition) is 2. The third kappa shape index (κ3) is 4.52. The summed E-state index contributed by atoms with van der Waals surface area (Å²) in [6, 6.07) is 7.03. The van der Waals surface area contributed by atoms with Gasteiger partial charge in [-0.2, -0.15) is 8.42 Å². The first kappa shape index (κ1) is 11.4. The molecule has 1 aromatic carbocycles. The zero-order valence-corrected chi connectivity index (χ0v) is 9.33. The monoisotopic (exact) mass is 248 g/mol. The molecule has 0 spiro atoms. The summed E-state index contributed by atoms with van der Waals surface area (Å²) < 4.78 is 20.9. The third-order valence-electron chi connectivity index (χ3n) is 1.38. The molecule has 0 heterocycles. The molecule has 0 atom stereocenters. The van der Waals surface area contributed by atoms with Crippen LogP contribution in [0.5, 0.6) is 0 Å². The largest absolute Gasteiger partial charge is 0.300 e. The molecule has 0 aliphatic rings. The van der Waals surface area contributed by atoms with Gasteiger partial charge in [0.05, 0.1) is 0 Å². The molecule has 0 aliphatic carbocycles. The van der Waals surface area contributed by atoms with E-state index < -0.39 is 9.05 Å². The van der Waals surface area contributed by atoms with Crippen LogP contribution >= 0.6 is 22.3 Å². The molecule has 0 N–H and O–H groups in total. The standard InChI is InChI=1S/C9H6Cl2O2S/c10-9-5-1-3-8(7-9)4-2-6-14(11,12)13/h1,3,5,7H,4H2. The highest BCUT2D eigenvalue weighted by atomic mass is 35.7. The molecular weight excluding hydrogens is 243 g/mol. The first-order valence-corrected chi connectivity index (χ1v) is 6.35. The Morgan fingerprint density at radius 2 is 2.07 bits per heavy atom. The molecule has 5 heteroatoms. The van der Waals surface area contributed by atoms with Crippen molar-refractivity contribution in [3.8, 4) is 11.2 Å². The average molecular weight is 249 g/mol. The van der Waals surface area contributed by atoms with Crippen molar-refractivity contribution in [1.29, 1.82) is 0 Å². The predicted molar refractivity (Wildman–Crippen MR) is 57.7 cm³/mol. The van der Waals surface area contributed by atoms with Crippen LogP contribution in [0.4, 0.5) is 0 Å². The van der Waals surface area contributed by atoms with Gasteiger partial charge in [0.2, 0.25) is 0 Å². The molecule has 0 bridgehead atoms. The second-order valence-corrected chi connectivity index (χ2v) is 5.26. The minimum absolute atomic E-state index is 0.312. The van der Waals surface area contributed by atoms with E-state index in [1.165, 1.54) is 0 Å². The van der Waals surface area contributed by atoms with E-state index in [0.29, 0.717) is 11.4 Å². The van der Waals surface area contributed by atoms with Gasteiger partial charge in [-0.3, -0.25) is 0 Å². The SMILES string of the molecule is O=S(=O)(Cl)C#CCc1cccc(Cl)c1. The van der Waals surface area contributed by atoms with E-state index in [4.69, 9.17) is 22.3 Å². The van der Waals surface area contributed by atoms with Gasteiger partial charge in [-0.15, -0.1) is 0 Å². The Morgan fingerprint density at radius 3 is 2.64 bits per heavy atom. The number of hydrogen-bond donors (Lipinski definition) is 0. The fraction of sp³-hybridized carbons (Fsp3) is 0.111. The van der Waals surface area contributed by atoms with Gasteiger partial charge in [-0.1, -0.05) is 29.7 Å². The lowest BCUT2D eigenvalue weighted by atomic mass is 10.2. The first-order chi connectivity index (χ1) is 6.47. The molecule has 0 amide bonds. The maximum atomic E-state index is 10.5. The van der Waals surface area contributed by atoms with E-state index in [-0.39, 0.29) is 0 Å². The summed E-state index contributed by atoms with van der Waals surface area (Å²) in [6.45, 7) is 0. The molecule has 14 heavy (non-hydrogen) atoms. The van der Waals surface area contributed by atoms with Crippen LogP contribution in [-0.2, 0) is 15.5 Å². The van der Waals surface area contributed by atoms with Crippen molar-refractivity contribution in [2.75, 3.05) is 0 Å². The van der Waals surface area contributed by atoms with Crippen molar-refractivity contribution >= 4 is 31.3 Å². The maximum Gasteiger partial charge on any atom is 0.300 e. The first-order valence-electron chi connectivity index (χ1n) is 3.66. The third-order valence-corrected chi connectivity index (χ3v) is 2.23. The molecule has 0 unspecified atom stereocenters. The lowest BCUT2D eigenvalue weighted by Gasteiger charge is -1.93. The fourth-order valence-corrected chi connectivity index (χ4v) is 1.49. The molecule has 1 rings (SSSR count). The van der Waals surface area contributed by atoms with Gasteiger partial charge in [0.1, 0.15) is 0 Å². The number of halogens is 2. The van der Waals surface area contributed by atoms with Gasteiger partial charge < -0.3 is 0 Å². The summed E-state index contributed by atoms with van der Waals surface area (Å²) in [5.74, 6) is 2.44. The van der Waals surface area contributed by atoms with E-state index in [1.807, 2.05) is 5.25 Å². The van der Waals surface area contributed by atoms with Crippen molar-refractivity contribution in [3.63, 3.8) is 0 Å². The van der Waals surface area contributed by atoms with Crippen LogP contribution < -0.4 is 0 Å². The van der Waals surface area contributed by atoms with Crippen LogP contribution in [0.2, 0.25) is 5.02 Å². The van der Waals surface area contributed by atoms with E-state index in [1.54, 1.807) is 24.3 Å². The lowest BCUT2D eigenvalue weighted by molar-refractivity contribution is 0.618. The van der Waals surface area contributed by atoms with E-state index >= 15 is 0 Å². The predicted octanol–water partition coefficient (Wildman–Crippen LogP) is 2.41. The number of rotatable bonds is 1. The second kappa shape index (κ2) is 4.70. The van der Waals surface area contributed by atoms with Crippen LogP contribution in [-0.4, -0.2) is 8.42 Å². The second-order valence-electron chi connectivity index (χ2n) is 2.52. The minimum atomic E-state index is -3.73. The summed E-state index contributed by atoms with van der Waals surface area (Å²) in [7, 11) is 1.18. The van der Waals surface area contributed by atoms with Crippen molar-refractivity contribution < 1.29 is 8.42 Å². The van der Waals surface area contributed by atoms with E-state index in [9.17, 15) is 8.42 Å². The summed E-state index contributed by atoms with van der Waals surface area (Å²) in [4.78, 5) is 0. The van der Waals surface area contributed by atoms with Crippen LogP contribution in [0.15, 0.2) is 24.3 Å². The van der Waals surface area contributed by atoms with Crippen LogP contribution in [0.1, 0.15) is 5.56 Å². The summed E-state index contributed by atoms with van der Waals surface area (Å²) in [5, 5.41) is 2.53. The molecule has 0 saturated heterocycles. The zero-order valence-electron chi connectivity index (χ0n) is 7.00. The van der Waals surface area contributed by atoms with Crippen LogP contribution in [0.25, 0.3) is 0 Å². The smallest absolute Gasteiger partial charge is 0.198 e. The molecule has 2 nitrogen and oxygen atoms in total. The Bertz CT molecular complexity index is 483. The van der Waals surface area contributed by atoms with Crippen molar-refractivity contribution in [1.82, 2.24) is 0 Å². The zero-order chi connectivity index (χ0) is 10.6. The minimum Gasteiger partial charge on any atom is -0.198 e. The van der Waals surface area contributed by atoms with Crippen molar-refractivity contribution in [2.45, 2.75) is 6.42 Å². The molecule has 1 aromatic rings. The molecule has 0 aromatic heterocycles. The van der Waals surface area contributed by atoms with Gasteiger partial charge in [0, 0.05) is 27.4 Å². The molecule has 0 aliphatic heterocycles. The Hall–Kier alpha value is -0.690. The normalized spacial score (nSPS) is 10.4. The van der Waals surface area contributed by atoms with Crippen molar-refractivity contribution in [3.05, 3.63) is 34.9 Å². The van der Waals surface area contributed by atoms with Gasteiger partial charge in [-0.05, 0) is 17.7 Å². The van der Waals surface area contributed by atoms with E-state index in [2.05, 4.69) is 5.92 Å². The highest BCUT2D eigenvalue weighted by Gasteiger charge is 1.95. The lowest BCUT2D eigenvalue weighted by Crippen LogP contribution is -1.84. The van der Waals surface area contributed by atoms with Crippen LogP contribution in [0, 0.1) is 11.2 Å². The summed E-state index contributed by atoms with van der Waals surface area (Å²) in [5.41, 5.74) is 0.852. The van der Waals surface area contributed by atoms with Gasteiger partial charge in [-0.25, -0.2) is 0 Å².